The lowest BCUT2D eigenvalue weighted by Gasteiger charge is -2.50. The largest absolute Gasteiger partial charge is 0.492 e. The molecule has 1 aromatic carbocycles. The van der Waals surface area contributed by atoms with Gasteiger partial charge in [0.1, 0.15) is 11.3 Å². The number of benzene rings is 1. The number of nitrogens with zero attached hydrogens (tertiary/aromatic N) is 1. The molecule has 1 fully saturated rings. The van der Waals surface area contributed by atoms with Crippen LogP contribution in [0.5, 0.6) is 5.75 Å². The van der Waals surface area contributed by atoms with Crippen molar-refractivity contribution in [2.24, 2.45) is 5.41 Å². The maximum absolute atomic E-state index is 12.9. The van der Waals surface area contributed by atoms with Crippen LogP contribution in [-0.4, -0.2) is 49.6 Å². The first-order chi connectivity index (χ1) is 15.3. The van der Waals surface area contributed by atoms with Gasteiger partial charge in [-0.1, -0.05) is 25.4 Å². The fraction of sp³-hybridized carbons (Fsp3) is 0.600. The van der Waals surface area contributed by atoms with Gasteiger partial charge in [-0.05, 0) is 48.4 Å². The summed E-state index contributed by atoms with van der Waals surface area (Å²) in [4.78, 5) is 27.6. The number of methoxy groups -OCH3 is 1. The molecule has 3 atom stereocenters. The van der Waals surface area contributed by atoms with E-state index in [1.165, 1.54) is 5.56 Å². The van der Waals surface area contributed by atoms with Crippen molar-refractivity contribution < 1.29 is 23.8 Å². The molecule has 2 heterocycles. The van der Waals surface area contributed by atoms with Gasteiger partial charge in [-0.15, -0.1) is 0 Å². The Kier molecular flexibility index (Phi) is 6.55. The van der Waals surface area contributed by atoms with E-state index in [0.29, 0.717) is 24.0 Å². The second-order valence-electron chi connectivity index (χ2n) is 9.54. The fourth-order valence-corrected chi connectivity index (χ4v) is 5.85. The van der Waals surface area contributed by atoms with Gasteiger partial charge in [0.25, 0.3) is 0 Å². The second-order valence-corrected chi connectivity index (χ2v) is 9.95. The molecular weight excluding hydrogens is 430 g/mol. The van der Waals surface area contributed by atoms with Crippen LogP contribution in [0.2, 0.25) is 5.02 Å². The summed E-state index contributed by atoms with van der Waals surface area (Å²) in [6.45, 7) is 7.70. The summed E-state index contributed by atoms with van der Waals surface area (Å²) in [5.41, 5.74) is 2.47. The first-order valence-electron chi connectivity index (χ1n) is 11.4. The van der Waals surface area contributed by atoms with Gasteiger partial charge in [-0.2, -0.15) is 0 Å². The third-order valence-corrected chi connectivity index (χ3v) is 7.36. The summed E-state index contributed by atoms with van der Waals surface area (Å²) < 4.78 is 16.2. The van der Waals surface area contributed by atoms with Crippen molar-refractivity contribution in [3.8, 4) is 5.75 Å². The van der Waals surface area contributed by atoms with E-state index in [9.17, 15) is 9.59 Å². The molecule has 0 N–H and O–H groups in total. The number of halogens is 1. The molecular formula is C25H32ClNO5. The molecule has 0 radical (unpaired) electrons. The number of carbonyl (C=O) groups excluding carboxylic acids is 2. The van der Waals surface area contributed by atoms with E-state index in [-0.39, 0.29) is 47.8 Å². The first-order valence-corrected chi connectivity index (χ1v) is 11.8. The fourth-order valence-electron chi connectivity index (χ4n) is 5.63. The molecule has 0 amide bonds. The third kappa shape index (κ3) is 4.03. The molecule has 0 saturated heterocycles. The van der Waals surface area contributed by atoms with Gasteiger partial charge in [0, 0.05) is 44.7 Å². The Morgan fingerprint density at radius 2 is 2.03 bits per heavy atom. The zero-order valence-corrected chi connectivity index (χ0v) is 20.0. The van der Waals surface area contributed by atoms with E-state index in [2.05, 4.69) is 24.8 Å². The molecule has 3 aliphatic rings. The quantitative estimate of drug-likeness (QED) is 0.330. The summed E-state index contributed by atoms with van der Waals surface area (Å²) in [7, 11) is 1.67. The Bertz CT molecular complexity index is 941. The van der Waals surface area contributed by atoms with Crippen LogP contribution in [0.15, 0.2) is 23.9 Å². The highest BCUT2D eigenvalue weighted by Crippen LogP contribution is 2.58. The summed E-state index contributed by atoms with van der Waals surface area (Å²) in [6, 6.07) is 4.07. The van der Waals surface area contributed by atoms with Crippen LogP contribution in [0, 0.1) is 5.41 Å². The third-order valence-electron chi connectivity index (χ3n) is 7.06. The molecule has 0 spiro atoms. The summed E-state index contributed by atoms with van der Waals surface area (Å²) in [5.74, 6) is 0.249. The van der Waals surface area contributed by atoms with E-state index >= 15 is 0 Å². The van der Waals surface area contributed by atoms with Gasteiger partial charge >= 0.3 is 5.97 Å². The maximum Gasteiger partial charge on any atom is 0.343 e. The lowest BCUT2D eigenvalue weighted by Crippen LogP contribution is -2.50. The molecule has 0 bridgehead atoms. The lowest BCUT2D eigenvalue weighted by atomic mass is 9.73. The zero-order chi connectivity index (χ0) is 23.0. The Balaban J connectivity index is 1.75. The van der Waals surface area contributed by atoms with Crippen molar-refractivity contribution in [1.82, 2.24) is 4.90 Å². The van der Waals surface area contributed by atoms with E-state index in [0.717, 1.165) is 24.8 Å². The number of carbonyl (C=O) groups is 2. The Morgan fingerprint density at radius 3 is 2.75 bits per heavy atom. The molecule has 32 heavy (non-hydrogen) atoms. The van der Waals surface area contributed by atoms with E-state index in [4.69, 9.17) is 25.8 Å². The second kappa shape index (κ2) is 9.06. The summed E-state index contributed by atoms with van der Waals surface area (Å²) >= 11 is 6.61. The Labute approximate surface area is 194 Å². The van der Waals surface area contributed by atoms with Gasteiger partial charge in [0.2, 0.25) is 0 Å². The average molecular weight is 462 g/mol. The molecule has 0 aromatic heterocycles. The predicted octanol–water partition coefficient (Wildman–Crippen LogP) is 4.80. The van der Waals surface area contributed by atoms with Crippen LogP contribution in [0.1, 0.15) is 69.5 Å². The van der Waals surface area contributed by atoms with Crippen LogP contribution >= 0.6 is 11.6 Å². The monoisotopic (exact) mass is 461 g/mol. The van der Waals surface area contributed by atoms with Crippen molar-refractivity contribution in [2.75, 3.05) is 26.9 Å². The maximum atomic E-state index is 12.9. The Morgan fingerprint density at radius 1 is 1.25 bits per heavy atom. The minimum Gasteiger partial charge on any atom is -0.492 e. The molecule has 174 valence electrons. The first kappa shape index (κ1) is 23.1. The topological polar surface area (TPSA) is 65.1 Å². The van der Waals surface area contributed by atoms with Crippen molar-refractivity contribution >= 4 is 23.4 Å². The molecule has 1 aliphatic carbocycles. The lowest BCUT2D eigenvalue weighted by molar-refractivity contribution is -0.140. The van der Waals surface area contributed by atoms with Crippen LogP contribution < -0.4 is 4.74 Å². The van der Waals surface area contributed by atoms with Crippen LogP contribution in [0.4, 0.5) is 0 Å². The van der Waals surface area contributed by atoms with Crippen molar-refractivity contribution in [3.05, 3.63) is 40.1 Å². The van der Waals surface area contributed by atoms with Crippen LogP contribution in [0.25, 0.3) is 0 Å². The molecule has 6 nitrogen and oxygen atoms in total. The van der Waals surface area contributed by atoms with Crippen LogP contribution in [-0.2, 0) is 19.1 Å². The van der Waals surface area contributed by atoms with Gasteiger partial charge in [-0.25, -0.2) is 4.79 Å². The summed E-state index contributed by atoms with van der Waals surface area (Å²) in [6.07, 6.45) is 4.88. The van der Waals surface area contributed by atoms with Crippen LogP contribution in [0.3, 0.4) is 0 Å². The highest BCUT2D eigenvalue weighted by atomic mass is 35.5. The molecule has 4 rings (SSSR count). The Hall–Kier alpha value is -2.05. The highest BCUT2D eigenvalue weighted by Gasteiger charge is 2.53. The van der Waals surface area contributed by atoms with Crippen molar-refractivity contribution in [1.29, 1.82) is 0 Å². The number of esters is 1. The highest BCUT2D eigenvalue weighted by molar-refractivity contribution is 6.32. The van der Waals surface area contributed by atoms with E-state index in [1.807, 2.05) is 6.07 Å². The zero-order valence-electron chi connectivity index (χ0n) is 19.3. The molecule has 3 unspecified atom stereocenters. The van der Waals surface area contributed by atoms with Gasteiger partial charge in [0.15, 0.2) is 5.78 Å². The minimum atomic E-state index is -0.535. The molecule has 2 aliphatic heterocycles. The molecule has 1 saturated carbocycles. The molecule has 1 aromatic rings. The van der Waals surface area contributed by atoms with E-state index in [1.54, 1.807) is 20.2 Å². The van der Waals surface area contributed by atoms with Crippen molar-refractivity contribution in [3.63, 3.8) is 0 Å². The number of hydrogen-bond donors (Lipinski definition) is 0. The average Bonchev–Trinajstić information content (AvgIpc) is 3.07. The number of Topliss-reactive ketones (excluding diaryl/α,β-unsaturated/α-hetero) is 1. The minimum absolute atomic E-state index is 0.0381. The van der Waals surface area contributed by atoms with Gasteiger partial charge in [-0.3, -0.25) is 4.79 Å². The number of fused-ring (bicyclic) bond motifs is 6. The number of ether oxygens (including phenoxy) is 3. The standard InChI is InChI=1S/C25H32ClNO5/c1-5-31-24(29)18-14-27-20(13-21(18)28)17-11-19(26)22(32-10-6-9-30-4)12-16(17)15-7-8-25(2,3)23(15)27/h11-12,14-15,20,23H,5-10,13H2,1-4H3. The van der Waals surface area contributed by atoms with Gasteiger partial charge in [0.05, 0.1) is 24.3 Å². The number of hydrogen-bond acceptors (Lipinski definition) is 6. The molecule has 7 heteroatoms. The number of rotatable bonds is 7. The van der Waals surface area contributed by atoms with Gasteiger partial charge < -0.3 is 19.1 Å². The number of ketones is 1. The SMILES string of the molecule is CCOC(=O)C1=CN2C(CC1=O)c1cc(Cl)c(OCCCOC)cc1C1CCC(C)(C)C12. The normalized spacial score (nSPS) is 25.5. The van der Waals surface area contributed by atoms with Crippen molar-refractivity contribution in [2.45, 2.75) is 64.5 Å². The summed E-state index contributed by atoms with van der Waals surface area (Å²) in [5, 5.41) is 0.546. The predicted molar refractivity (Wildman–Crippen MR) is 122 cm³/mol. The smallest absolute Gasteiger partial charge is 0.343 e. The van der Waals surface area contributed by atoms with E-state index < -0.39 is 5.97 Å².